The van der Waals surface area contributed by atoms with Gasteiger partial charge in [-0.15, -0.1) is 0 Å². The summed E-state index contributed by atoms with van der Waals surface area (Å²) < 4.78 is 11.5. The van der Waals surface area contributed by atoms with E-state index in [1.165, 1.54) is 0 Å². The van der Waals surface area contributed by atoms with Gasteiger partial charge < -0.3 is 30.9 Å². The Kier molecular flexibility index (Phi) is 5.67. The molecule has 0 radical (unpaired) electrons. The standard InChI is InChI=1S/C25H28N4O3/c1-16(17-14-25(2,30)15-17)29-12-11-28-24(27)23(29)22(26)20-10-9-19(13-21(20)31-3)32-18-7-5-4-6-8-18/h4-13,17,30H,1,14-15,26H2,2-3H3,(H2,27,28)/b23-22-/t17-,25+. The van der Waals surface area contributed by atoms with E-state index >= 15 is 0 Å². The van der Waals surface area contributed by atoms with Gasteiger partial charge in [0.2, 0.25) is 0 Å². The van der Waals surface area contributed by atoms with Crippen LogP contribution in [-0.2, 0) is 0 Å². The fraction of sp³-hybridized carbons (Fsp3) is 0.240. The van der Waals surface area contributed by atoms with Gasteiger partial charge in [0.15, 0.2) is 0 Å². The molecule has 2 aromatic rings. The molecule has 2 aliphatic rings. The van der Waals surface area contributed by atoms with E-state index in [1.807, 2.05) is 54.3 Å². The smallest absolute Gasteiger partial charge is 0.149 e. The lowest BCUT2D eigenvalue weighted by molar-refractivity contribution is -0.0494. The van der Waals surface area contributed by atoms with E-state index in [9.17, 15) is 5.11 Å². The molecule has 4 rings (SSSR count). The summed E-state index contributed by atoms with van der Waals surface area (Å²) in [6.07, 6.45) is 4.67. The molecule has 32 heavy (non-hydrogen) atoms. The molecule has 0 saturated heterocycles. The van der Waals surface area contributed by atoms with Gasteiger partial charge in [0, 0.05) is 35.6 Å². The number of ether oxygens (including phenoxy) is 2. The Balaban J connectivity index is 1.67. The number of aliphatic imine (C=N–C) groups is 1. The molecule has 0 atom stereocenters. The van der Waals surface area contributed by atoms with Crippen LogP contribution in [0.2, 0.25) is 0 Å². The summed E-state index contributed by atoms with van der Waals surface area (Å²) in [5, 5.41) is 10.1. The first-order valence-electron chi connectivity index (χ1n) is 10.4. The molecule has 7 heteroatoms. The van der Waals surface area contributed by atoms with Crippen LogP contribution >= 0.6 is 0 Å². The first-order chi connectivity index (χ1) is 15.3. The van der Waals surface area contributed by atoms with Gasteiger partial charge in [-0.3, -0.25) is 0 Å². The molecule has 1 aliphatic heterocycles. The number of para-hydroxylation sites is 1. The number of rotatable bonds is 6. The van der Waals surface area contributed by atoms with Crippen molar-refractivity contribution < 1.29 is 14.6 Å². The highest BCUT2D eigenvalue weighted by atomic mass is 16.5. The van der Waals surface area contributed by atoms with Crippen molar-refractivity contribution in [2.24, 2.45) is 22.4 Å². The van der Waals surface area contributed by atoms with Gasteiger partial charge in [-0.05, 0) is 44.0 Å². The number of amidine groups is 1. The molecule has 0 spiro atoms. The molecule has 166 valence electrons. The Morgan fingerprint density at radius 3 is 2.56 bits per heavy atom. The molecule has 0 amide bonds. The monoisotopic (exact) mass is 432 g/mol. The van der Waals surface area contributed by atoms with Gasteiger partial charge in [0.05, 0.1) is 18.4 Å². The van der Waals surface area contributed by atoms with Crippen LogP contribution in [0.4, 0.5) is 0 Å². The zero-order valence-corrected chi connectivity index (χ0v) is 18.3. The van der Waals surface area contributed by atoms with Gasteiger partial charge in [-0.1, -0.05) is 24.8 Å². The first-order valence-corrected chi connectivity index (χ1v) is 10.4. The van der Waals surface area contributed by atoms with Crippen LogP contribution in [0.25, 0.3) is 5.70 Å². The molecule has 1 fully saturated rings. The maximum Gasteiger partial charge on any atom is 0.149 e. The number of hydrogen-bond donors (Lipinski definition) is 3. The Bertz CT molecular complexity index is 1110. The molecule has 0 unspecified atom stereocenters. The topological polar surface area (TPSA) is 106 Å². The summed E-state index contributed by atoms with van der Waals surface area (Å²) in [7, 11) is 1.58. The number of aliphatic hydroxyl groups is 1. The summed E-state index contributed by atoms with van der Waals surface area (Å²) in [6, 6.07) is 14.9. The minimum absolute atomic E-state index is 0.131. The molecule has 0 bridgehead atoms. The summed E-state index contributed by atoms with van der Waals surface area (Å²) in [6.45, 7) is 6.07. The molecular formula is C25H28N4O3. The fourth-order valence-electron chi connectivity index (χ4n) is 4.09. The molecule has 2 aromatic carbocycles. The second-order valence-electron chi connectivity index (χ2n) is 8.32. The Labute approximate surface area is 188 Å². The molecule has 0 aromatic heterocycles. The van der Waals surface area contributed by atoms with Crippen LogP contribution in [0.3, 0.4) is 0 Å². The van der Waals surface area contributed by atoms with Gasteiger partial charge in [-0.25, -0.2) is 4.99 Å². The van der Waals surface area contributed by atoms with E-state index in [0.29, 0.717) is 41.3 Å². The number of nitrogens with zero attached hydrogens (tertiary/aromatic N) is 2. The van der Waals surface area contributed by atoms with Gasteiger partial charge in [0.1, 0.15) is 28.8 Å². The van der Waals surface area contributed by atoms with Gasteiger partial charge >= 0.3 is 0 Å². The molecule has 1 heterocycles. The molecule has 5 N–H and O–H groups in total. The normalized spacial score (nSPS) is 23.8. The third-order valence-electron chi connectivity index (χ3n) is 5.76. The SMILES string of the molecule is C=C([C@H]1C[C@@](C)(O)C1)N1C=CN=C(N)/C1=C(/N)c1ccc(Oc2ccccc2)cc1OC. The number of methoxy groups -OCH3 is 1. The highest BCUT2D eigenvalue weighted by Gasteiger charge is 2.42. The average Bonchev–Trinajstić information content (AvgIpc) is 2.77. The zero-order valence-electron chi connectivity index (χ0n) is 18.3. The number of hydrogen-bond acceptors (Lipinski definition) is 7. The highest BCUT2D eigenvalue weighted by molar-refractivity contribution is 6.04. The Hall–Kier alpha value is -3.71. The van der Waals surface area contributed by atoms with Gasteiger partial charge in [0.25, 0.3) is 0 Å². The van der Waals surface area contributed by atoms with E-state index in [-0.39, 0.29) is 11.8 Å². The van der Waals surface area contributed by atoms with Crippen molar-refractivity contribution in [1.82, 2.24) is 4.90 Å². The van der Waals surface area contributed by atoms with E-state index < -0.39 is 5.60 Å². The number of allylic oxidation sites excluding steroid dienone is 1. The Morgan fingerprint density at radius 2 is 1.91 bits per heavy atom. The predicted molar refractivity (Wildman–Crippen MR) is 126 cm³/mol. The predicted octanol–water partition coefficient (Wildman–Crippen LogP) is 3.93. The molecule has 1 saturated carbocycles. The van der Waals surface area contributed by atoms with Crippen LogP contribution in [0.1, 0.15) is 25.3 Å². The summed E-state index contributed by atoms with van der Waals surface area (Å²) in [4.78, 5) is 6.08. The van der Waals surface area contributed by atoms with Crippen molar-refractivity contribution in [2.75, 3.05) is 7.11 Å². The fourth-order valence-corrected chi connectivity index (χ4v) is 4.09. The van der Waals surface area contributed by atoms with Crippen LogP contribution in [0.15, 0.2) is 83.9 Å². The van der Waals surface area contributed by atoms with E-state index in [0.717, 1.165) is 11.4 Å². The highest BCUT2D eigenvalue weighted by Crippen LogP contribution is 2.44. The third-order valence-corrected chi connectivity index (χ3v) is 5.76. The van der Waals surface area contributed by atoms with Crippen LogP contribution in [-0.4, -0.2) is 28.6 Å². The second-order valence-corrected chi connectivity index (χ2v) is 8.32. The largest absolute Gasteiger partial charge is 0.496 e. The van der Waals surface area contributed by atoms with E-state index in [2.05, 4.69) is 11.6 Å². The van der Waals surface area contributed by atoms with Crippen LogP contribution in [0, 0.1) is 5.92 Å². The number of nitrogens with two attached hydrogens (primary N) is 2. The van der Waals surface area contributed by atoms with Crippen molar-refractivity contribution in [2.45, 2.75) is 25.4 Å². The van der Waals surface area contributed by atoms with Crippen molar-refractivity contribution in [3.63, 3.8) is 0 Å². The summed E-state index contributed by atoms with van der Waals surface area (Å²) in [5.74, 6) is 2.30. The number of benzene rings is 2. The lowest BCUT2D eigenvalue weighted by Crippen LogP contribution is -2.45. The maximum absolute atomic E-state index is 10.1. The average molecular weight is 433 g/mol. The van der Waals surface area contributed by atoms with E-state index in [4.69, 9.17) is 20.9 Å². The van der Waals surface area contributed by atoms with Crippen molar-refractivity contribution >= 4 is 11.5 Å². The minimum atomic E-state index is -0.667. The summed E-state index contributed by atoms with van der Waals surface area (Å²) in [5.41, 5.74) is 14.6. The first kappa shape index (κ1) is 21.5. The lowest BCUT2D eigenvalue weighted by Gasteiger charge is -2.45. The van der Waals surface area contributed by atoms with Gasteiger partial charge in [-0.2, -0.15) is 0 Å². The van der Waals surface area contributed by atoms with Crippen molar-refractivity contribution in [3.8, 4) is 17.2 Å². The van der Waals surface area contributed by atoms with Crippen molar-refractivity contribution in [3.05, 3.63) is 84.5 Å². The quantitative estimate of drug-likeness (QED) is 0.639. The molecular weight excluding hydrogens is 404 g/mol. The zero-order chi connectivity index (χ0) is 22.9. The van der Waals surface area contributed by atoms with Crippen LogP contribution < -0.4 is 20.9 Å². The van der Waals surface area contributed by atoms with E-state index in [1.54, 1.807) is 25.6 Å². The maximum atomic E-state index is 10.1. The lowest BCUT2D eigenvalue weighted by atomic mass is 9.70. The Morgan fingerprint density at radius 1 is 1.19 bits per heavy atom. The van der Waals surface area contributed by atoms with Crippen molar-refractivity contribution in [1.29, 1.82) is 0 Å². The minimum Gasteiger partial charge on any atom is -0.496 e. The molecule has 7 nitrogen and oxygen atoms in total. The molecule has 1 aliphatic carbocycles. The second kappa shape index (κ2) is 8.43. The summed E-state index contributed by atoms with van der Waals surface area (Å²) >= 11 is 0. The van der Waals surface area contributed by atoms with Crippen LogP contribution in [0.5, 0.6) is 17.2 Å². The third kappa shape index (κ3) is 4.20.